The maximum Gasteiger partial charge on any atom is 0.0898 e. The van der Waals surface area contributed by atoms with Gasteiger partial charge in [0, 0.05) is 14.1 Å². The van der Waals surface area contributed by atoms with Crippen LogP contribution in [-0.4, -0.2) is 20.8 Å². The van der Waals surface area contributed by atoms with Crippen LogP contribution in [0.3, 0.4) is 0 Å². The third kappa shape index (κ3) is 1.77. The van der Waals surface area contributed by atoms with E-state index in [0.717, 1.165) is 6.67 Å². The third-order valence-corrected chi connectivity index (χ3v) is 2.13. The number of fused-ring (bicyclic) bond motifs is 1. The average molecular weight is 178 g/mol. The van der Waals surface area contributed by atoms with E-state index in [-0.39, 0.29) is 0 Å². The molecule has 1 aliphatic heterocycles. The van der Waals surface area contributed by atoms with Gasteiger partial charge >= 0.3 is 0 Å². The summed E-state index contributed by atoms with van der Waals surface area (Å²) in [4.78, 5) is 4.49. The number of hydrogen-bond donors (Lipinski definition) is 0. The van der Waals surface area contributed by atoms with Gasteiger partial charge < -0.3 is 9.80 Å². The molecule has 72 valence electrons. The van der Waals surface area contributed by atoms with Crippen LogP contribution >= 0.6 is 0 Å². The quantitative estimate of drug-likeness (QED) is 0.602. The Morgan fingerprint density at radius 1 is 0.923 bits per heavy atom. The van der Waals surface area contributed by atoms with Gasteiger partial charge in [0.25, 0.3) is 0 Å². The number of nitrogens with zero attached hydrogens (tertiary/aromatic N) is 2. The highest BCUT2D eigenvalue weighted by atomic mass is 15.3. The van der Waals surface area contributed by atoms with E-state index in [4.69, 9.17) is 0 Å². The molecule has 2 nitrogen and oxygen atoms in total. The predicted octanol–water partition coefficient (Wildman–Crippen LogP) is 2.56. The Bertz CT molecular complexity index is 244. The second-order valence-corrected chi connectivity index (χ2v) is 3.03. The lowest BCUT2D eigenvalue weighted by Crippen LogP contribution is -2.23. The van der Waals surface area contributed by atoms with Crippen molar-refractivity contribution in [2.45, 2.75) is 13.8 Å². The van der Waals surface area contributed by atoms with Crippen molar-refractivity contribution in [2.75, 3.05) is 30.6 Å². The van der Waals surface area contributed by atoms with Crippen molar-refractivity contribution in [1.82, 2.24) is 0 Å². The van der Waals surface area contributed by atoms with Gasteiger partial charge in [0.2, 0.25) is 0 Å². The molecule has 0 atom stereocenters. The van der Waals surface area contributed by atoms with E-state index < -0.39 is 0 Å². The highest BCUT2D eigenvalue weighted by Crippen LogP contribution is 2.32. The van der Waals surface area contributed by atoms with E-state index in [1.807, 2.05) is 13.8 Å². The van der Waals surface area contributed by atoms with E-state index in [2.05, 4.69) is 48.2 Å². The van der Waals surface area contributed by atoms with Crippen LogP contribution in [-0.2, 0) is 0 Å². The summed E-state index contributed by atoms with van der Waals surface area (Å²) in [6.07, 6.45) is 0. The first kappa shape index (κ1) is 9.90. The van der Waals surface area contributed by atoms with Crippen molar-refractivity contribution in [1.29, 1.82) is 0 Å². The van der Waals surface area contributed by atoms with Gasteiger partial charge in [-0.3, -0.25) is 0 Å². The SMILES string of the molecule is CC.CN1CN(C)c2ccccc21. The molecule has 0 unspecified atom stereocenters. The average Bonchev–Trinajstić information content (AvgIpc) is 2.47. The van der Waals surface area contributed by atoms with E-state index >= 15 is 0 Å². The third-order valence-electron chi connectivity index (χ3n) is 2.13. The molecule has 1 aromatic carbocycles. The first-order valence-corrected chi connectivity index (χ1v) is 4.80. The summed E-state index contributed by atoms with van der Waals surface area (Å²) in [7, 11) is 4.23. The Morgan fingerprint density at radius 3 is 1.69 bits per heavy atom. The zero-order valence-corrected chi connectivity index (χ0v) is 8.91. The molecule has 0 N–H and O–H groups in total. The number of hydrogen-bond acceptors (Lipinski definition) is 2. The number of para-hydroxylation sites is 2. The van der Waals surface area contributed by atoms with Gasteiger partial charge in [-0.15, -0.1) is 0 Å². The van der Waals surface area contributed by atoms with E-state index in [1.54, 1.807) is 0 Å². The van der Waals surface area contributed by atoms with Crippen LogP contribution in [0.15, 0.2) is 24.3 Å². The smallest absolute Gasteiger partial charge is 0.0898 e. The largest absolute Gasteiger partial charge is 0.355 e. The molecule has 1 heterocycles. The minimum absolute atomic E-state index is 0.999. The van der Waals surface area contributed by atoms with Gasteiger partial charge in [-0.1, -0.05) is 26.0 Å². The summed E-state index contributed by atoms with van der Waals surface area (Å²) < 4.78 is 0. The maximum atomic E-state index is 2.25. The van der Waals surface area contributed by atoms with Crippen LogP contribution in [0, 0.1) is 0 Å². The van der Waals surface area contributed by atoms with Crippen molar-refractivity contribution in [2.24, 2.45) is 0 Å². The van der Waals surface area contributed by atoms with Crippen molar-refractivity contribution in [3.63, 3.8) is 0 Å². The van der Waals surface area contributed by atoms with Crippen LogP contribution in [0.2, 0.25) is 0 Å². The van der Waals surface area contributed by atoms with Crippen molar-refractivity contribution < 1.29 is 0 Å². The minimum Gasteiger partial charge on any atom is -0.355 e. The Morgan fingerprint density at radius 2 is 1.31 bits per heavy atom. The first-order valence-electron chi connectivity index (χ1n) is 4.80. The molecule has 2 rings (SSSR count). The first-order chi connectivity index (χ1) is 6.29. The van der Waals surface area contributed by atoms with Crippen molar-refractivity contribution in [3.8, 4) is 0 Å². The van der Waals surface area contributed by atoms with Crippen LogP contribution < -0.4 is 9.80 Å². The van der Waals surface area contributed by atoms with Gasteiger partial charge in [0.05, 0.1) is 18.0 Å². The zero-order valence-electron chi connectivity index (χ0n) is 8.91. The Kier molecular flexibility index (Phi) is 3.18. The molecule has 2 heteroatoms. The normalized spacial score (nSPS) is 13.5. The number of benzene rings is 1. The highest BCUT2D eigenvalue weighted by Gasteiger charge is 2.18. The van der Waals surface area contributed by atoms with Gasteiger partial charge in [0.1, 0.15) is 0 Å². The molecule has 0 aromatic heterocycles. The van der Waals surface area contributed by atoms with E-state index in [1.165, 1.54) is 11.4 Å². The lowest BCUT2D eigenvalue weighted by Gasteiger charge is -2.11. The Labute approximate surface area is 80.8 Å². The van der Waals surface area contributed by atoms with Crippen LogP contribution in [0.5, 0.6) is 0 Å². The summed E-state index contributed by atoms with van der Waals surface area (Å²) in [5.74, 6) is 0. The molecule has 0 spiro atoms. The molecule has 0 bridgehead atoms. The summed E-state index contributed by atoms with van der Waals surface area (Å²) in [5, 5.41) is 0. The lowest BCUT2D eigenvalue weighted by molar-refractivity contribution is 0.916. The molecule has 1 aliphatic rings. The Hall–Kier alpha value is -1.18. The second kappa shape index (κ2) is 4.17. The van der Waals surface area contributed by atoms with Crippen LogP contribution in [0.25, 0.3) is 0 Å². The highest BCUT2D eigenvalue weighted by molar-refractivity contribution is 5.75. The maximum absolute atomic E-state index is 2.25. The molecule has 13 heavy (non-hydrogen) atoms. The number of rotatable bonds is 0. The molecular formula is C11H18N2. The summed E-state index contributed by atoms with van der Waals surface area (Å²) in [5.41, 5.74) is 2.66. The molecule has 0 fully saturated rings. The van der Waals surface area contributed by atoms with E-state index in [9.17, 15) is 0 Å². The van der Waals surface area contributed by atoms with Crippen LogP contribution in [0.4, 0.5) is 11.4 Å². The summed E-state index contributed by atoms with van der Waals surface area (Å²) in [6.45, 7) is 5.00. The molecule has 0 saturated heterocycles. The second-order valence-electron chi connectivity index (χ2n) is 3.03. The molecule has 0 saturated carbocycles. The van der Waals surface area contributed by atoms with Crippen molar-refractivity contribution >= 4 is 11.4 Å². The van der Waals surface area contributed by atoms with E-state index in [0.29, 0.717) is 0 Å². The standard InChI is InChI=1S/C9H12N2.C2H6/c1-10-7-11(2)9-6-4-3-5-8(9)10;1-2/h3-6H,7H2,1-2H3;1-2H3. The summed E-state index contributed by atoms with van der Waals surface area (Å²) in [6, 6.07) is 8.46. The fourth-order valence-corrected chi connectivity index (χ4v) is 1.58. The Balaban J connectivity index is 0.000000396. The molecule has 1 aromatic rings. The molecule has 0 radical (unpaired) electrons. The van der Waals surface area contributed by atoms with Gasteiger partial charge in [-0.25, -0.2) is 0 Å². The number of anilines is 2. The fourth-order valence-electron chi connectivity index (χ4n) is 1.58. The van der Waals surface area contributed by atoms with Crippen LogP contribution in [0.1, 0.15) is 13.8 Å². The molecule has 0 amide bonds. The fraction of sp³-hybridized carbons (Fsp3) is 0.455. The minimum atomic E-state index is 0.999. The molecule has 0 aliphatic carbocycles. The zero-order chi connectivity index (χ0) is 9.84. The summed E-state index contributed by atoms with van der Waals surface area (Å²) >= 11 is 0. The predicted molar refractivity (Wildman–Crippen MR) is 59.5 cm³/mol. The molecular weight excluding hydrogens is 160 g/mol. The topological polar surface area (TPSA) is 6.48 Å². The van der Waals surface area contributed by atoms with Crippen molar-refractivity contribution in [3.05, 3.63) is 24.3 Å². The van der Waals surface area contributed by atoms with Gasteiger partial charge in [-0.05, 0) is 12.1 Å². The monoisotopic (exact) mass is 178 g/mol. The van der Waals surface area contributed by atoms with Gasteiger partial charge in [-0.2, -0.15) is 0 Å². The lowest BCUT2D eigenvalue weighted by atomic mass is 10.3. The van der Waals surface area contributed by atoms with Gasteiger partial charge in [0.15, 0.2) is 0 Å².